The van der Waals surface area contributed by atoms with Gasteiger partial charge in [-0.1, -0.05) is 30.3 Å². The van der Waals surface area contributed by atoms with Crippen molar-refractivity contribution in [1.29, 1.82) is 0 Å². The number of halogens is 1. The molecule has 0 heterocycles. The van der Waals surface area contributed by atoms with Gasteiger partial charge in [0.25, 0.3) is 5.69 Å². The number of nitrogens with one attached hydrogen (secondary N) is 2. The highest BCUT2D eigenvalue weighted by Gasteiger charge is 2.07. The van der Waals surface area contributed by atoms with Gasteiger partial charge in [-0.25, -0.2) is 0 Å². The van der Waals surface area contributed by atoms with Crippen molar-refractivity contribution in [2.45, 2.75) is 20.0 Å². The summed E-state index contributed by atoms with van der Waals surface area (Å²) in [5.41, 5.74) is 1.92. The summed E-state index contributed by atoms with van der Waals surface area (Å²) in [6.45, 7) is 3.56. The molecule has 0 saturated carbocycles. The van der Waals surface area contributed by atoms with Crippen LogP contribution in [0.5, 0.6) is 5.75 Å². The lowest BCUT2D eigenvalue weighted by atomic mass is 10.2. The number of hydrogen-bond acceptors (Lipinski definition) is 4. The number of rotatable bonds is 7. The zero-order valence-electron chi connectivity index (χ0n) is 14.8. The Morgan fingerprint density at radius 1 is 1.15 bits per heavy atom. The molecule has 0 radical (unpaired) electrons. The Kier molecular flexibility index (Phi) is 9.42. The van der Waals surface area contributed by atoms with Crippen LogP contribution in [0, 0.1) is 10.1 Å². The van der Waals surface area contributed by atoms with E-state index in [1.165, 1.54) is 6.07 Å². The first-order chi connectivity index (χ1) is 12.1. The number of nitrogens with zero attached hydrogens (tertiary/aromatic N) is 2. The normalized spacial score (nSPS) is 10.6. The number of guanidine groups is 1. The zero-order chi connectivity index (χ0) is 18.1. The van der Waals surface area contributed by atoms with E-state index in [9.17, 15) is 10.1 Å². The highest BCUT2D eigenvalue weighted by atomic mass is 127. The lowest BCUT2D eigenvalue weighted by Crippen LogP contribution is -2.36. The van der Waals surface area contributed by atoms with Gasteiger partial charge in [0.05, 0.1) is 11.5 Å². The quantitative estimate of drug-likeness (QED) is 0.213. The van der Waals surface area contributed by atoms with Crippen LogP contribution in [0.15, 0.2) is 53.5 Å². The van der Waals surface area contributed by atoms with Crippen LogP contribution in [-0.2, 0) is 13.1 Å². The van der Waals surface area contributed by atoms with Gasteiger partial charge in [-0.3, -0.25) is 15.1 Å². The van der Waals surface area contributed by atoms with Gasteiger partial charge in [0, 0.05) is 37.8 Å². The fraction of sp³-hybridized carbons (Fsp3) is 0.278. The van der Waals surface area contributed by atoms with E-state index in [0.29, 0.717) is 25.7 Å². The molecular formula is C18H23IN4O3. The lowest BCUT2D eigenvalue weighted by molar-refractivity contribution is -0.384. The Morgan fingerprint density at radius 3 is 2.58 bits per heavy atom. The summed E-state index contributed by atoms with van der Waals surface area (Å²) in [6, 6.07) is 14.3. The maximum absolute atomic E-state index is 10.8. The van der Waals surface area contributed by atoms with E-state index in [2.05, 4.69) is 15.6 Å². The van der Waals surface area contributed by atoms with Crippen molar-refractivity contribution >= 4 is 35.6 Å². The molecule has 0 unspecified atom stereocenters. The summed E-state index contributed by atoms with van der Waals surface area (Å²) in [4.78, 5) is 14.6. The Hall–Kier alpha value is -2.36. The Morgan fingerprint density at radius 2 is 1.88 bits per heavy atom. The van der Waals surface area contributed by atoms with Gasteiger partial charge < -0.3 is 15.4 Å². The Balaban J connectivity index is 0.00000338. The number of non-ortho nitro benzene ring substituents is 1. The molecule has 26 heavy (non-hydrogen) atoms. The molecule has 2 aromatic carbocycles. The van der Waals surface area contributed by atoms with E-state index in [1.807, 2.05) is 37.3 Å². The minimum absolute atomic E-state index is 0. The number of aliphatic imine (C=N–C) groups is 1. The van der Waals surface area contributed by atoms with Gasteiger partial charge in [0.15, 0.2) is 5.96 Å². The summed E-state index contributed by atoms with van der Waals surface area (Å²) >= 11 is 0. The Bertz CT molecular complexity index is 753. The van der Waals surface area contributed by atoms with E-state index in [0.717, 1.165) is 16.9 Å². The van der Waals surface area contributed by atoms with Gasteiger partial charge in [0.1, 0.15) is 5.75 Å². The third-order valence-corrected chi connectivity index (χ3v) is 3.52. The van der Waals surface area contributed by atoms with Gasteiger partial charge in [-0.05, 0) is 18.6 Å². The highest BCUT2D eigenvalue weighted by Crippen LogP contribution is 2.17. The molecule has 140 valence electrons. The van der Waals surface area contributed by atoms with Crippen LogP contribution in [0.4, 0.5) is 5.69 Å². The molecule has 0 spiro atoms. The molecule has 7 nitrogen and oxygen atoms in total. The van der Waals surface area contributed by atoms with Crippen LogP contribution in [-0.4, -0.2) is 24.5 Å². The van der Waals surface area contributed by atoms with Gasteiger partial charge in [0.2, 0.25) is 0 Å². The molecule has 0 atom stereocenters. The molecule has 0 saturated heterocycles. The zero-order valence-corrected chi connectivity index (χ0v) is 17.1. The van der Waals surface area contributed by atoms with Gasteiger partial charge >= 0.3 is 0 Å². The molecule has 2 N–H and O–H groups in total. The van der Waals surface area contributed by atoms with Crippen LogP contribution < -0.4 is 15.4 Å². The average Bonchev–Trinajstić information content (AvgIpc) is 2.63. The number of nitro groups is 1. The number of hydrogen-bond donors (Lipinski definition) is 2. The third kappa shape index (κ3) is 6.51. The first kappa shape index (κ1) is 21.7. The van der Waals surface area contributed by atoms with Crippen LogP contribution in [0.3, 0.4) is 0 Å². The van der Waals surface area contributed by atoms with Crippen molar-refractivity contribution < 1.29 is 9.66 Å². The predicted octanol–water partition coefficient (Wildman–Crippen LogP) is 3.48. The first-order valence-corrected chi connectivity index (χ1v) is 8.02. The summed E-state index contributed by atoms with van der Waals surface area (Å²) in [6.07, 6.45) is 0. The van der Waals surface area contributed by atoms with E-state index in [4.69, 9.17) is 4.74 Å². The molecule has 0 fully saturated rings. The maximum Gasteiger partial charge on any atom is 0.269 e. The summed E-state index contributed by atoms with van der Waals surface area (Å²) in [7, 11) is 1.68. The van der Waals surface area contributed by atoms with Crippen molar-refractivity contribution in [3.63, 3.8) is 0 Å². The van der Waals surface area contributed by atoms with E-state index in [1.54, 1.807) is 19.2 Å². The second-order valence-corrected chi connectivity index (χ2v) is 5.25. The molecule has 2 rings (SSSR count). The summed E-state index contributed by atoms with van der Waals surface area (Å²) in [5.74, 6) is 1.45. The molecule has 2 aromatic rings. The third-order valence-electron chi connectivity index (χ3n) is 3.52. The predicted molar refractivity (Wildman–Crippen MR) is 113 cm³/mol. The molecule has 8 heteroatoms. The largest absolute Gasteiger partial charge is 0.494 e. The second kappa shape index (κ2) is 11.3. The highest BCUT2D eigenvalue weighted by molar-refractivity contribution is 14.0. The molecule has 0 aliphatic rings. The molecule has 0 aliphatic heterocycles. The van der Waals surface area contributed by atoms with Crippen molar-refractivity contribution in [3.8, 4) is 5.75 Å². The van der Waals surface area contributed by atoms with E-state index < -0.39 is 4.92 Å². The molecule has 0 aromatic heterocycles. The summed E-state index contributed by atoms with van der Waals surface area (Å²) < 4.78 is 5.60. The van der Waals surface area contributed by atoms with Crippen molar-refractivity contribution in [2.75, 3.05) is 13.7 Å². The first-order valence-electron chi connectivity index (χ1n) is 8.02. The fourth-order valence-corrected chi connectivity index (χ4v) is 2.31. The number of ether oxygens (including phenoxy) is 1. The molecule has 0 bridgehead atoms. The topological polar surface area (TPSA) is 88.8 Å². The van der Waals surface area contributed by atoms with Crippen LogP contribution >= 0.6 is 24.0 Å². The smallest absolute Gasteiger partial charge is 0.269 e. The fourth-order valence-electron chi connectivity index (χ4n) is 2.31. The van der Waals surface area contributed by atoms with Crippen LogP contribution in [0.1, 0.15) is 18.1 Å². The second-order valence-electron chi connectivity index (χ2n) is 5.25. The van der Waals surface area contributed by atoms with Crippen LogP contribution in [0.25, 0.3) is 0 Å². The van der Waals surface area contributed by atoms with Crippen LogP contribution in [0.2, 0.25) is 0 Å². The van der Waals surface area contributed by atoms with E-state index >= 15 is 0 Å². The standard InChI is InChI=1S/C18H22N4O3.HI/c1-3-25-17-10-5-4-8-15(17)13-21-18(19-2)20-12-14-7-6-9-16(11-14)22(23)24;/h4-11H,3,12-13H2,1-2H3,(H2,19,20,21);1H. The molecule has 0 aliphatic carbocycles. The van der Waals surface area contributed by atoms with Crippen molar-refractivity contribution in [1.82, 2.24) is 10.6 Å². The number of nitro benzene ring substituents is 1. The summed E-state index contributed by atoms with van der Waals surface area (Å²) in [5, 5.41) is 17.2. The minimum Gasteiger partial charge on any atom is -0.494 e. The lowest BCUT2D eigenvalue weighted by Gasteiger charge is -2.14. The maximum atomic E-state index is 10.8. The monoisotopic (exact) mass is 470 g/mol. The minimum atomic E-state index is -0.402. The average molecular weight is 470 g/mol. The number of para-hydroxylation sites is 1. The molecule has 0 amide bonds. The van der Waals surface area contributed by atoms with Crippen molar-refractivity contribution in [3.05, 3.63) is 69.8 Å². The number of benzene rings is 2. The van der Waals surface area contributed by atoms with Crippen molar-refractivity contribution in [2.24, 2.45) is 4.99 Å². The van der Waals surface area contributed by atoms with Gasteiger partial charge in [-0.15, -0.1) is 24.0 Å². The molecular weight excluding hydrogens is 447 g/mol. The van der Waals surface area contributed by atoms with Gasteiger partial charge in [-0.2, -0.15) is 0 Å². The Labute approximate surface area is 170 Å². The SMILES string of the molecule is CCOc1ccccc1CNC(=NC)NCc1cccc([N+](=O)[O-])c1.I. The van der Waals surface area contributed by atoms with E-state index in [-0.39, 0.29) is 29.7 Å².